The largest absolute Gasteiger partial charge is 0.466 e. The van der Waals surface area contributed by atoms with Crippen LogP contribution in [0.5, 0.6) is 0 Å². The van der Waals surface area contributed by atoms with Crippen LogP contribution < -0.4 is 4.90 Å². The van der Waals surface area contributed by atoms with Crippen molar-refractivity contribution in [3.8, 4) is 0 Å². The first-order chi connectivity index (χ1) is 16.6. The Balaban J connectivity index is 1.86. The number of rotatable bonds is 8. The van der Waals surface area contributed by atoms with Crippen molar-refractivity contribution in [2.75, 3.05) is 31.2 Å². The maximum atomic E-state index is 14.4. The fourth-order valence-electron chi connectivity index (χ4n) is 6.49. The van der Waals surface area contributed by atoms with E-state index >= 15 is 0 Å². The van der Waals surface area contributed by atoms with Crippen LogP contribution in [0.15, 0.2) is 30.9 Å². The molecule has 3 unspecified atom stereocenters. The molecule has 0 aromatic heterocycles. The van der Waals surface area contributed by atoms with E-state index in [1.807, 2.05) is 26.8 Å². The van der Waals surface area contributed by atoms with E-state index in [0.29, 0.717) is 17.1 Å². The first kappa shape index (κ1) is 25.7. The van der Waals surface area contributed by atoms with Crippen LogP contribution in [0.3, 0.4) is 0 Å². The number of fused-ring (bicyclic) bond motifs is 1. The van der Waals surface area contributed by atoms with E-state index in [9.17, 15) is 19.5 Å². The molecule has 190 valence electrons. The average Bonchev–Trinajstić information content (AvgIpc) is 3.30. The molecule has 3 aliphatic rings. The van der Waals surface area contributed by atoms with E-state index in [1.165, 1.54) is 9.80 Å². The fourth-order valence-corrected chi connectivity index (χ4v) is 6.81. The summed E-state index contributed by atoms with van der Waals surface area (Å²) >= 11 is 6.53. The van der Waals surface area contributed by atoms with Crippen LogP contribution in [-0.2, 0) is 23.9 Å². The lowest BCUT2D eigenvalue weighted by molar-refractivity contribution is -0.161. The van der Waals surface area contributed by atoms with Gasteiger partial charge in [-0.3, -0.25) is 14.4 Å². The zero-order valence-electron chi connectivity index (χ0n) is 20.6. The van der Waals surface area contributed by atoms with E-state index in [-0.39, 0.29) is 44.0 Å². The highest BCUT2D eigenvalue weighted by Crippen LogP contribution is 2.65. The molecule has 0 saturated carbocycles. The van der Waals surface area contributed by atoms with Crippen molar-refractivity contribution in [3.05, 3.63) is 41.4 Å². The second-order valence-corrected chi connectivity index (χ2v) is 10.3. The van der Waals surface area contributed by atoms with E-state index in [1.54, 1.807) is 25.1 Å². The molecule has 4 rings (SSSR count). The minimum Gasteiger partial charge on any atom is -0.466 e. The predicted octanol–water partition coefficient (Wildman–Crippen LogP) is 2.73. The van der Waals surface area contributed by atoms with E-state index in [0.717, 1.165) is 5.56 Å². The number of benzene rings is 1. The number of hydrogen-bond acceptors (Lipinski definition) is 6. The molecule has 35 heavy (non-hydrogen) atoms. The maximum absolute atomic E-state index is 14.4. The number of nitrogens with zero attached hydrogens (tertiary/aromatic N) is 2. The molecule has 1 aromatic carbocycles. The quantitative estimate of drug-likeness (QED) is 0.432. The number of hydrogen-bond donors (Lipinski definition) is 1. The highest BCUT2D eigenvalue weighted by atomic mass is 35.5. The summed E-state index contributed by atoms with van der Waals surface area (Å²) in [7, 11) is 0. The van der Waals surface area contributed by atoms with Gasteiger partial charge in [-0.15, -0.1) is 6.58 Å². The summed E-state index contributed by atoms with van der Waals surface area (Å²) in [5.41, 5.74) is -0.839. The Kier molecular flexibility index (Phi) is 6.76. The Morgan fingerprint density at radius 3 is 2.74 bits per heavy atom. The summed E-state index contributed by atoms with van der Waals surface area (Å²) in [5.74, 6) is -3.07. The van der Waals surface area contributed by atoms with Gasteiger partial charge in [0.1, 0.15) is 17.6 Å². The highest BCUT2D eigenvalue weighted by molar-refractivity contribution is 6.34. The van der Waals surface area contributed by atoms with Gasteiger partial charge < -0.3 is 24.4 Å². The van der Waals surface area contributed by atoms with Crippen molar-refractivity contribution >= 4 is 35.1 Å². The Labute approximate surface area is 210 Å². The number of aryl methyl sites for hydroxylation is 1. The van der Waals surface area contributed by atoms with Crippen LogP contribution in [0.2, 0.25) is 5.02 Å². The Hall–Kier alpha value is -2.42. The minimum atomic E-state index is -1.22. The third-order valence-electron chi connectivity index (χ3n) is 7.97. The summed E-state index contributed by atoms with van der Waals surface area (Å²) < 4.78 is 12.0. The first-order valence-corrected chi connectivity index (χ1v) is 12.4. The standard InChI is InChI=1S/C26H33ClN2O6/c1-6-11-28(20-15(3)9-8-10-17(20)27)23(32)21-26-14-16(4)25(5,35-26)19(24(33)34-7-2)18(26)22(31)29(21)12-13-30/h6,8-10,16,18-19,21,30H,1,7,11-14H2,2-5H3/t16?,18-,19+,21?,25-,26?/m0/s1. The Bertz CT molecular complexity index is 1040. The smallest absolute Gasteiger partial charge is 0.312 e. The second kappa shape index (κ2) is 9.22. The highest BCUT2D eigenvalue weighted by Gasteiger charge is 2.80. The SMILES string of the molecule is C=CCN(C(=O)C1N(CCO)C(=O)[C@@H]2[C@H](C(=O)OCC)[C@@]3(C)OC12CC3C)c1c(C)cccc1Cl. The summed E-state index contributed by atoms with van der Waals surface area (Å²) in [6, 6.07) is 4.33. The maximum Gasteiger partial charge on any atom is 0.312 e. The third kappa shape index (κ3) is 3.60. The molecular formula is C26H33ClN2O6. The van der Waals surface area contributed by atoms with Gasteiger partial charge >= 0.3 is 5.97 Å². The molecule has 0 aliphatic carbocycles. The molecule has 8 nitrogen and oxygen atoms in total. The van der Waals surface area contributed by atoms with Crippen LogP contribution in [0.1, 0.15) is 32.8 Å². The lowest BCUT2D eigenvalue weighted by Gasteiger charge is -2.37. The number of aliphatic hydroxyl groups excluding tert-OH is 1. The summed E-state index contributed by atoms with van der Waals surface area (Å²) in [6.45, 7) is 11.1. The zero-order chi connectivity index (χ0) is 25.7. The molecule has 3 aliphatic heterocycles. The monoisotopic (exact) mass is 504 g/mol. The lowest BCUT2D eigenvalue weighted by Crippen LogP contribution is -2.57. The molecule has 3 saturated heterocycles. The number of aliphatic hydroxyl groups is 1. The molecular weight excluding hydrogens is 472 g/mol. The number of ether oxygens (including phenoxy) is 2. The number of para-hydroxylation sites is 1. The third-order valence-corrected chi connectivity index (χ3v) is 8.27. The molecule has 1 N–H and O–H groups in total. The van der Waals surface area contributed by atoms with Crippen LogP contribution in [0.4, 0.5) is 5.69 Å². The zero-order valence-corrected chi connectivity index (χ0v) is 21.4. The van der Waals surface area contributed by atoms with Gasteiger partial charge in [-0.1, -0.05) is 36.7 Å². The number of anilines is 1. The molecule has 9 heteroatoms. The van der Waals surface area contributed by atoms with Gasteiger partial charge in [0.25, 0.3) is 5.91 Å². The first-order valence-electron chi connectivity index (χ1n) is 12.0. The van der Waals surface area contributed by atoms with E-state index < -0.39 is 35.0 Å². The summed E-state index contributed by atoms with van der Waals surface area (Å²) in [4.78, 5) is 44.2. The molecule has 1 aromatic rings. The summed E-state index contributed by atoms with van der Waals surface area (Å²) in [6.07, 6.45) is 2.03. The molecule has 2 amide bonds. The van der Waals surface area contributed by atoms with Crippen molar-refractivity contribution in [1.82, 2.24) is 4.90 Å². The topological polar surface area (TPSA) is 96.4 Å². The van der Waals surface area contributed by atoms with Crippen LogP contribution in [-0.4, -0.2) is 71.3 Å². The summed E-state index contributed by atoms with van der Waals surface area (Å²) in [5, 5.41) is 10.2. The predicted molar refractivity (Wildman–Crippen MR) is 131 cm³/mol. The molecule has 0 radical (unpaired) electrons. The van der Waals surface area contributed by atoms with Gasteiger partial charge in [0.2, 0.25) is 5.91 Å². The van der Waals surface area contributed by atoms with Crippen molar-refractivity contribution in [1.29, 1.82) is 0 Å². The Morgan fingerprint density at radius 1 is 1.43 bits per heavy atom. The van der Waals surface area contributed by atoms with Crippen LogP contribution in [0, 0.1) is 24.7 Å². The molecule has 3 heterocycles. The van der Waals surface area contributed by atoms with Gasteiger partial charge in [0, 0.05) is 13.1 Å². The fraction of sp³-hybridized carbons (Fsp3) is 0.577. The van der Waals surface area contributed by atoms with Gasteiger partial charge in [-0.05, 0) is 44.7 Å². The molecule has 2 bridgehead atoms. The van der Waals surface area contributed by atoms with Crippen LogP contribution in [0.25, 0.3) is 0 Å². The van der Waals surface area contributed by atoms with Gasteiger partial charge in [-0.25, -0.2) is 0 Å². The number of halogens is 1. The number of carbonyl (C=O) groups excluding carboxylic acids is 3. The van der Waals surface area contributed by atoms with Gasteiger partial charge in [-0.2, -0.15) is 0 Å². The molecule has 3 fully saturated rings. The van der Waals surface area contributed by atoms with Gasteiger partial charge in [0.15, 0.2) is 0 Å². The number of amides is 2. The molecule has 6 atom stereocenters. The van der Waals surface area contributed by atoms with E-state index in [4.69, 9.17) is 21.1 Å². The minimum absolute atomic E-state index is 0.0546. The van der Waals surface area contributed by atoms with Crippen molar-refractivity contribution in [3.63, 3.8) is 0 Å². The van der Waals surface area contributed by atoms with Crippen molar-refractivity contribution in [2.45, 2.75) is 51.4 Å². The second-order valence-electron chi connectivity index (χ2n) is 9.85. The Morgan fingerprint density at radius 2 is 2.14 bits per heavy atom. The van der Waals surface area contributed by atoms with Crippen LogP contribution >= 0.6 is 11.6 Å². The van der Waals surface area contributed by atoms with E-state index in [2.05, 4.69) is 6.58 Å². The number of carbonyl (C=O) groups is 3. The number of likely N-dealkylation sites (tertiary alicyclic amines) is 1. The lowest BCUT2D eigenvalue weighted by atomic mass is 9.62. The number of β-amino-alcohol motifs (C(OH)–C–C–N with tert-alkyl or cyclic N) is 1. The normalized spacial score (nSPS) is 33.1. The van der Waals surface area contributed by atoms with Gasteiger partial charge in [0.05, 0.1) is 35.4 Å². The number of esters is 1. The van der Waals surface area contributed by atoms with Crippen molar-refractivity contribution < 1.29 is 29.0 Å². The average molecular weight is 505 g/mol. The molecule has 1 spiro atoms. The van der Waals surface area contributed by atoms with Crippen molar-refractivity contribution in [2.24, 2.45) is 17.8 Å².